The van der Waals surface area contributed by atoms with E-state index >= 15 is 0 Å². The van der Waals surface area contributed by atoms with Gasteiger partial charge in [0.25, 0.3) is 0 Å². The molecule has 0 aliphatic rings. The first-order valence-electron chi connectivity index (χ1n) is 10.3. The number of hydrogen-bond donors (Lipinski definition) is 0. The third-order valence-corrected chi connectivity index (χ3v) is 4.95. The van der Waals surface area contributed by atoms with Gasteiger partial charge in [-0.25, -0.2) is 0 Å². The first kappa shape index (κ1) is 21.2. The SMILES string of the molecule is CCCCCCCCCCCCN(Cc1ccccc1)C(C)(C)C. The molecule has 138 valence electrons. The van der Waals surface area contributed by atoms with Crippen molar-refractivity contribution in [3.63, 3.8) is 0 Å². The van der Waals surface area contributed by atoms with Crippen LogP contribution in [0.4, 0.5) is 0 Å². The van der Waals surface area contributed by atoms with Gasteiger partial charge < -0.3 is 0 Å². The molecule has 0 heterocycles. The van der Waals surface area contributed by atoms with Crippen molar-refractivity contribution in [3.8, 4) is 0 Å². The monoisotopic (exact) mass is 331 g/mol. The second kappa shape index (κ2) is 12.5. The van der Waals surface area contributed by atoms with Gasteiger partial charge in [0.15, 0.2) is 0 Å². The van der Waals surface area contributed by atoms with Crippen molar-refractivity contribution in [1.82, 2.24) is 4.90 Å². The van der Waals surface area contributed by atoms with E-state index in [0.29, 0.717) is 0 Å². The zero-order valence-electron chi connectivity index (χ0n) is 16.8. The topological polar surface area (TPSA) is 3.24 Å². The van der Waals surface area contributed by atoms with Crippen LogP contribution in [0.25, 0.3) is 0 Å². The Balaban J connectivity index is 2.15. The lowest BCUT2D eigenvalue weighted by atomic mass is 10.0. The minimum absolute atomic E-state index is 0.245. The smallest absolute Gasteiger partial charge is 0.0238 e. The van der Waals surface area contributed by atoms with Gasteiger partial charge in [0.05, 0.1) is 0 Å². The highest BCUT2D eigenvalue weighted by Crippen LogP contribution is 2.19. The minimum Gasteiger partial charge on any atom is -0.294 e. The summed E-state index contributed by atoms with van der Waals surface area (Å²) in [6.45, 7) is 11.6. The largest absolute Gasteiger partial charge is 0.294 e. The molecule has 1 nitrogen and oxygen atoms in total. The van der Waals surface area contributed by atoms with E-state index in [2.05, 4.69) is 62.9 Å². The van der Waals surface area contributed by atoms with E-state index in [1.807, 2.05) is 0 Å². The van der Waals surface area contributed by atoms with Crippen LogP contribution in [-0.2, 0) is 6.54 Å². The quantitative estimate of drug-likeness (QED) is 0.345. The maximum atomic E-state index is 2.63. The van der Waals surface area contributed by atoms with Crippen LogP contribution < -0.4 is 0 Å². The van der Waals surface area contributed by atoms with Gasteiger partial charge in [-0.2, -0.15) is 0 Å². The maximum Gasteiger partial charge on any atom is 0.0238 e. The fourth-order valence-electron chi connectivity index (χ4n) is 3.25. The molecule has 0 bridgehead atoms. The number of nitrogens with zero attached hydrogens (tertiary/aromatic N) is 1. The average molecular weight is 332 g/mol. The van der Waals surface area contributed by atoms with Gasteiger partial charge in [-0.3, -0.25) is 4.90 Å². The summed E-state index contributed by atoms with van der Waals surface area (Å²) in [5.41, 5.74) is 1.68. The normalized spacial score (nSPS) is 12.0. The van der Waals surface area contributed by atoms with Crippen molar-refractivity contribution >= 4 is 0 Å². The van der Waals surface area contributed by atoms with Crippen LogP contribution in [0.5, 0.6) is 0 Å². The Labute approximate surface area is 151 Å². The molecular formula is C23H41N. The molecule has 1 aromatic rings. The highest BCUT2D eigenvalue weighted by atomic mass is 15.2. The van der Waals surface area contributed by atoms with Crippen molar-refractivity contribution in [2.45, 2.75) is 104 Å². The van der Waals surface area contributed by atoms with Crippen molar-refractivity contribution < 1.29 is 0 Å². The van der Waals surface area contributed by atoms with Crippen molar-refractivity contribution in [2.24, 2.45) is 0 Å². The molecule has 0 N–H and O–H groups in total. The van der Waals surface area contributed by atoms with Crippen molar-refractivity contribution in [2.75, 3.05) is 6.54 Å². The Morgan fingerprint density at radius 2 is 1.21 bits per heavy atom. The van der Waals surface area contributed by atoms with Gasteiger partial charge in [0.1, 0.15) is 0 Å². The fourth-order valence-corrected chi connectivity index (χ4v) is 3.25. The number of benzene rings is 1. The van der Waals surface area contributed by atoms with Gasteiger partial charge in [-0.15, -0.1) is 0 Å². The molecule has 0 aliphatic heterocycles. The summed E-state index contributed by atoms with van der Waals surface area (Å²) in [4.78, 5) is 2.63. The van der Waals surface area contributed by atoms with E-state index in [4.69, 9.17) is 0 Å². The van der Waals surface area contributed by atoms with Crippen LogP contribution >= 0.6 is 0 Å². The Morgan fingerprint density at radius 1 is 0.708 bits per heavy atom. The summed E-state index contributed by atoms with van der Waals surface area (Å²) >= 11 is 0. The molecule has 0 atom stereocenters. The second-order valence-corrected chi connectivity index (χ2v) is 8.26. The van der Waals surface area contributed by atoms with Gasteiger partial charge in [0.2, 0.25) is 0 Å². The predicted octanol–water partition coefficient (Wildman–Crippen LogP) is 7.21. The maximum absolute atomic E-state index is 2.63. The van der Waals surface area contributed by atoms with Crippen LogP contribution in [0.1, 0.15) is 97.5 Å². The molecule has 1 heteroatoms. The molecule has 0 radical (unpaired) electrons. The summed E-state index contributed by atoms with van der Waals surface area (Å²) in [6, 6.07) is 10.9. The highest BCUT2D eigenvalue weighted by Gasteiger charge is 2.20. The van der Waals surface area contributed by atoms with Crippen molar-refractivity contribution in [1.29, 1.82) is 0 Å². The Hall–Kier alpha value is -0.820. The zero-order chi connectivity index (χ0) is 17.7. The summed E-state index contributed by atoms with van der Waals surface area (Å²) in [7, 11) is 0. The number of unbranched alkanes of at least 4 members (excludes halogenated alkanes) is 9. The summed E-state index contributed by atoms with van der Waals surface area (Å²) in [6.07, 6.45) is 14.1. The van der Waals surface area contributed by atoms with E-state index in [0.717, 1.165) is 6.54 Å². The van der Waals surface area contributed by atoms with E-state index < -0.39 is 0 Å². The fraction of sp³-hybridized carbons (Fsp3) is 0.739. The number of rotatable bonds is 13. The molecular weight excluding hydrogens is 290 g/mol. The van der Waals surface area contributed by atoms with Gasteiger partial charge in [-0.1, -0.05) is 95.0 Å². The third-order valence-electron chi connectivity index (χ3n) is 4.95. The molecule has 0 aliphatic carbocycles. The summed E-state index contributed by atoms with van der Waals surface area (Å²) < 4.78 is 0. The zero-order valence-corrected chi connectivity index (χ0v) is 16.8. The lowest BCUT2D eigenvalue weighted by molar-refractivity contribution is 0.124. The number of hydrogen-bond acceptors (Lipinski definition) is 1. The van der Waals surface area contributed by atoms with Crippen LogP contribution in [0.2, 0.25) is 0 Å². The molecule has 0 fully saturated rings. The summed E-state index contributed by atoms with van der Waals surface area (Å²) in [5.74, 6) is 0. The van der Waals surface area contributed by atoms with E-state index in [9.17, 15) is 0 Å². The first-order chi connectivity index (χ1) is 11.5. The standard InChI is InChI=1S/C23H41N/c1-5-6-7-8-9-10-11-12-13-17-20-24(23(2,3)4)21-22-18-15-14-16-19-22/h14-16,18-19H,5-13,17,20-21H2,1-4H3. The Kier molecular flexibility index (Phi) is 11.1. The van der Waals surface area contributed by atoms with Crippen molar-refractivity contribution in [3.05, 3.63) is 35.9 Å². The molecule has 1 rings (SSSR count). The van der Waals surface area contributed by atoms with E-state index in [1.54, 1.807) is 0 Å². The molecule has 1 aromatic carbocycles. The lowest BCUT2D eigenvalue weighted by Crippen LogP contribution is -2.41. The molecule has 0 aromatic heterocycles. The highest BCUT2D eigenvalue weighted by molar-refractivity contribution is 5.14. The van der Waals surface area contributed by atoms with E-state index in [1.165, 1.54) is 76.3 Å². The molecule has 0 saturated heterocycles. The predicted molar refractivity (Wildman–Crippen MR) is 108 cm³/mol. The van der Waals surface area contributed by atoms with Gasteiger partial charge in [-0.05, 0) is 39.3 Å². The lowest BCUT2D eigenvalue weighted by Gasteiger charge is -2.36. The minimum atomic E-state index is 0.245. The summed E-state index contributed by atoms with van der Waals surface area (Å²) in [5, 5.41) is 0. The third kappa shape index (κ3) is 10.1. The van der Waals surface area contributed by atoms with Crippen LogP contribution in [0, 0.1) is 0 Å². The molecule has 0 saturated carbocycles. The Bertz CT molecular complexity index is 390. The first-order valence-corrected chi connectivity index (χ1v) is 10.3. The van der Waals surface area contributed by atoms with Crippen LogP contribution in [0.15, 0.2) is 30.3 Å². The molecule has 0 amide bonds. The van der Waals surface area contributed by atoms with Gasteiger partial charge in [0, 0.05) is 12.1 Å². The average Bonchev–Trinajstić information content (AvgIpc) is 2.55. The second-order valence-electron chi connectivity index (χ2n) is 8.26. The van der Waals surface area contributed by atoms with E-state index in [-0.39, 0.29) is 5.54 Å². The molecule has 0 spiro atoms. The van der Waals surface area contributed by atoms with Crippen LogP contribution in [0.3, 0.4) is 0 Å². The van der Waals surface area contributed by atoms with Crippen LogP contribution in [-0.4, -0.2) is 17.0 Å². The Morgan fingerprint density at radius 3 is 1.71 bits per heavy atom. The molecule has 0 unspecified atom stereocenters. The molecule has 24 heavy (non-hydrogen) atoms. The van der Waals surface area contributed by atoms with Gasteiger partial charge >= 0.3 is 0 Å².